The highest BCUT2D eigenvalue weighted by atomic mass is 32.2. The van der Waals surface area contributed by atoms with Gasteiger partial charge >= 0.3 is 12.1 Å². The number of imidazole rings is 1. The summed E-state index contributed by atoms with van der Waals surface area (Å²) < 4.78 is 34.4. The molecular weight excluding hydrogens is 494 g/mol. The number of rotatable bonds is 5. The van der Waals surface area contributed by atoms with E-state index < -0.39 is 27.8 Å². The van der Waals surface area contributed by atoms with Crippen LogP contribution in [-0.4, -0.2) is 48.3 Å². The summed E-state index contributed by atoms with van der Waals surface area (Å²) in [5, 5.41) is 9.64. The number of hydrogen-bond acceptors (Lipinski definition) is 6. The van der Waals surface area contributed by atoms with Gasteiger partial charge in [0.05, 0.1) is 35.5 Å². The summed E-state index contributed by atoms with van der Waals surface area (Å²) >= 11 is 0. The van der Waals surface area contributed by atoms with Crippen LogP contribution in [0.15, 0.2) is 47.6 Å². The Labute approximate surface area is 216 Å². The number of benzene rings is 2. The van der Waals surface area contributed by atoms with Gasteiger partial charge in [0, 0.05) is 17.6 Å². The molecule has 1 aliphatic heterocycles. The van der Waals surface area contributed by atoms with E-state index in [2.05, 4.69) is 0 Å². The second kappa shape index (κ2) is 9.81. The summed E-state index contributed by atoms with van der Waals surface area (Å²) in [6.07, 6.45) is 3.14. The maximum atomic E-state index is 13.8. The molecule has 1 saturated carbocycles. The van der Waals surface area contributed by atoms with Crippen molar-refractivity contribution >= 4 is 38.6 Å². The smallest absolute Gasteiger partial charge is 0.414 e. The van der Waals surface area contributed by atoms with Crippen LogP contribution in [0.3, 0.4) is 0 Å². The van der Waals surface area contributed by atoms with E-state index in [1.807, 2.05) is 19.1 Å². The standard InChI is InChI=1S/C27H31N3O6S/c1-17-11-12-21-22(29(17)27(33)36-2)13-14-23-24(21)28-26(37(34,35)16-18-7-4-3-5-8-18)30(23)20-10-6-9-19(15-20)25(31)32/h3-5,7-8,13-14,17,19-20H,6,9-12,15-16H2,1-2H3,(H,31,32)/t17-,19+,20+/m0/s1. The first-order valence-corrected chi connectivity index (χ1v) is 14.3. The van der Waals surface area contributed by atoms with Gasteiger partial charge in [-0.2, -0.15) is 0 Å². The van der Waals surface area contributed by atoms with Gasteiger partial charge in [-0.25, -0.2) is 18.2 Å². The average Bonchev–Trinajstić information content (AvgIpc) is 3.29. The SMILES string of the molecule is COC(=O)N1c2ccc3c(nc(S(=O)(=O)Cc4ccccc4)n3[C@@H]3CCC[C@@H](C(=O)O)C3)c2CC[C@@H]1C. The fourth-order valence-corrected chi connectivity index (χ4v) is 7.34. The molecule has 9 nitrogen and oxygen atoms in total. The van der Waals surface area contributed by atoms with Crippen LogP contribution in [-0.2, 0) is 31.5 Å². The number of nitrogens with zero attached hydrogens (tertiary/aromatic N) is 3. The molecule has 0 unspecified atom stereocenters. The van der Waals surface area contributed by atoms with E-state index in [0.717, 1.165) is 5.56 Å². The summed E-state index contributed by atoms with van der Waals surface area (Å²) in [6.45, 7) is 1.95. The molecule has 3 atom stereocenters. The maximum Gasteiger partial charge on any atom is 0.414 e. The van der Waals surface area contributed by atoms with Crippen LogP contribution in [0, 0.1) is 5.92 Å². The third kappa shape index (κ3) is 4.58. The highest BCUT2D eigenvalue weighted by Crippen LogP contribution is 2.41. The molecular formula is C27H31N3O6S. The van der Waals surface area contributed by atoms with E-state index in [9.17, 15) is 23.1 Å². The number of amides is 1. The van der Waals surface area contributed by atoms with Crippen LogP contribution < -0.4 is 4.90 Å². The lowest BCUT2D eigenvalue weighted by Gasteiger charge is -2.34. The third-order valence-corrected chi connectivity index (χ3v) is 9.19. The Morgan fingerprint density at radius 2 is 1.86 bits per heavy atom. The number of aromatic nitrogens is 2. The molecule has 2 aromatic carbocycles. The monoisotopic (exact) mass is 525 g/mol. The molecule has 1 amide bonds. The van der Waals surface area contributed by atoms with Crippen LogP contribution in [0.2, 0.25) is 0 Å². The van der Waals surface area contributed by atoms with E-state index in [0.29, 0.717) is 60.8 Å². The van der Waals surface area contributed by atoms with Gasteiger partial charge in [0.2, 0.25) is 15.0 Å². The number of ether oxygens (including phenoxy) is 1. The second-order valence-corrected chi connectivity index (χ2v) is 11.9. The molecule has 5 rings (SSSR count). The lowest BCUT2D eigenvalue weighted by Crippen LogP contribution is -2.42. The van der Waals surface area contributed by atoms with E-state index in [4.69, 9.17) is 9.72 Å². The molecule has 1 aliphatic carbocycles. The van der Waals surface area contributed by atoms with Gasteiger partial charge in [0.1, 0.15) is 0 Å². The van der Waals surface area contributed by atoms with Gasteiger partial charge in [-0.1, -0.05) is 36.8 Å². The van der Waals surface area contributed by atoms with Gasteiger partial charge < -0.3 is 14.4 Å². The highest BCUT2D eigenvalue weighted by molar-refractivity contribution is 7.90. The number of carboxylic acid groups (broad SMARTS) is 1. The maximum absolute atomic E-state index is 13.8. The number of aryl methyl sites for hydroxylation is 1. The number of anilines is 1. The summed E-state index contributed by atoms with van der Waals surface area (Å²) in [4.78, 5) is 30.7. The number of carbonyl (C=O) groups is 2. The van der Waals surface area contributed by atoms with Crippen LogP contribution in [0.5, 0.6) is 0 Å². The number of sulfone groups is 1. The molecule has 196 valence electrons. The van der Waals surface area contributed by atoms with Crippen molar-refractivity contribution in [2.45, 2.75) is 68.4 Å². The Morgan fingerprint density at radius 1 is 1.11 bits per heavy atom. The zero-order chi connectivity index (χ0) is 26.3. The minimum atomic E-state index is -3.87. The van der Waals surface area contributed by atoms with Crippen LogP contribution in [0.25, 0.3) is 11.0 Å². The number of fused-ring (bicyclic) bond motifs is 3. The molecule has 10 heteroatoms. The summed E-state index contributed by atoms with van der Waals surface area (Å²) in [6, 6.07) is 12.2. The Bertz CT molecular complexity index is 1450. The van der Waals surface area contributed by atoms with Gasteiger partial charge in [0.15, 0.2) is 0 Å². The Morgan fingerprint density at radius 3 is 2.57 bits per heavy atom. The molecule has 1 fully saturated rings. The largest absolute Gasteiger partial charge is 0.481 e. The number of aliphatic carboxylic acids is 1. The van der Waals surface area contributed by atoms with Crippen LogP contribution >= 0.6 is 0 Å². The molecule has 1 N–H and O–H groups in total. The minimum absolute atomic E-state index is 0.0426. The van der Waals surface area contributed by atoms with Crippen molar-refractivity contribution in [3.8, 4) is 0 Å². The summed E-state index contributed by atoms with van der Waals surface area (Å²) in [7, 11) is -2.53. The normalized spacial score (nSPS) is 22.0. The first-order chi connectivity index (χ1) is 17.7. The zero-order valence-corrected chi connectivity index (χ0v) is 21.8. The topological polar surface area (TPSA) is 119 Å². The van der Waals surface area contributed by atoms with Crippen molar-refractivity contribution in [1.82, 2.24) is 9.55 Å². The molecule has 0 spiro atoms. The predicted molar refractivity (Wildman–Crippen MR) is 138 cm³/mol. The molecule has 2 heterocycles. The molecule has 2 aliphatic rings. The van der Waals surface area contributed by atoms with Gasteiger partial charge in [-0.15, -0.1) is 0 Å². The Hall–Kier alpha value is -3.40. The first-order valence-electron chi connectivity index (χ1n) is 12.6. The molecule has 1 aromatic heterocycles. The van der Waals surface area contributed by atoms with Gasteiger partial charge in [-0.05, 0) is 56.7 Å². The fraction of sp³-hybridized carbons (Fsp3) is 0.444. The molecule has 3 aromatic rings. The predicted octanol–water partition coefficient (Wildman–Crippen LogP) is 4.73. The zero-order valence-electron chi connectivity index (χ0n) is 21.0. The first kappa shape index (κ1) is 25.3. The van der Waals surface area contributed by atoms with Crippen LogP contribution in [0.1, 0.15) is 56.2 Å². The molecule has 0 saturated heterocycles. The fourth-order valence-electron chi connectivity index (χ4n) is 5.81. The van der Waals surface area contributed by atoms with Gasteiger partial charge in [-0.3, -0.25) is 9.69 Å². The van der Waals surface area contributed by atoms with Crippen molar-refractivity contribution in [3.63, 3.8) is 0 Å². The number of carbonyl (C=O) groups excluding carboxylic acids is 1. The molecule has 0 radical (unpaired) electrons. The Kier molecular flexibility index (Phi) is 6.70. The number of carboxylic acids is 1. The number of hydrogen-bond donors (Lipinski definition) is 1. The van der Waals surface area contributed by atoms with E-state index in [-0.39, 0.29) is 23.0 Å². The van der Waals surface area contributed by atoms with E-state index in [1.165, 1.54) is 7.11 Å². The van der Waals surface area contributed by atoms with Crippen molar-refractivity contribution < 1.29 is 27.9 Å². The van der Waals surface area contributed by atoms with E-state index in [1.54, 1.807) is 39.8 Å². The van der Waals surface area contributed by atoms with Crippen molar-refractivity contribution in [3.05, 3.63) is 53.6 Å². The minimum Gasteiger partial charge on any atom is -0.481 e. The van der Waals surface area contributed by atoms with Crippen molar-refractivity contribution in [2.24, 2.45) is 5.92 Å². The Balaban J connectivity index is 1.70. The quantitative estimate of drug-likeness (QED) is 0.511. The lowest BCUT2D eigenvalue weighted by atomic mass is 9.85. The van der Waals surface area contributed by atoms with E-state index >= 15 is 0 Å². The summed E-state index contributed by atoms with van der Waals surface area (Å²) in [5.74, 6) is -1.60. The average molecular weight is 526 g/mol. The second-order valence-electron chi connectivity index (χ2n) is 10.0. The van der Waals surface area contributed by atoms with Crippen molar-refractivity contribution in [2.75, 3.05) is 12.0 Å². The lowest BCUT2D eigenvalue weighted by molar-refractivity contribution is -0.143. The third-order valence-electron chi connectivity index (χ3n) is 7.63. The van der Waals surface area contributed by atoms with Crippen molar-refractivity contribution in [1.29, 1.82) is 0 Å². The highest BCUT2D eigenvalue weighted by Gasteiger charge is 2.36. The molecule has 0 bridgehead atoms. The van der Waals surface area contributed by atoms with Crippen LogP contribution in [0.4, 0.5) is 10.5 Å². The summed E-state index contributed by atoms with van der Waals surface area (Å²) in [5.41, 5.74) is 3.33. The molecule has 37 heavy (non-hydrogen) atoms. The van der Waals surface area contributed by atoms with Gasteiger partial charge in [0.25, 0.3) is 0 Å². The number of methoxy groups -OCH3 is 1.